The van der Waals surface area contributed by atoms with Gasteiger partial charge in [0, 0.05) is 21.3 Å². The number of aromatic nitrogens is 1. The minimum absolute atomic E-state index is 0.507. The van der Waals surface area contributed by atoms with Crippen LogP contribution >= 0.6 is 34.2 Å². The van der Waals surface area contributed by atoms with Gasteiger partial charge < -0.3 is 11.1 Å². The Morgan fingerprint density at radius 2 is 2.18 bits per heavy atom. The predicted molar refractivity (Wildman–Crippen MR) is 80.1 cm³/mol. The van der Waals surface area contributed by atoms with E-state index in [1.54, 1.807) is 6.20 Å². The summed E-state index contributed by atoms with van der Waals surface area (Å²) in [6.07, 6.45) is 1.74. The largest absolute Gasteiger partial charge is 0.382 e. The van der Waals surface area contributed by atoms with Crippen molar-refractivity contribution in [2.24, 2.45) is 0 Å². The number of benzene rings is 1. The lowest BCUT2D eigenvalue weighted by atomic mass is 10.2. The molecule has 3 nitrogen and oxygen atoms in total. The quantitative estimate of drug-likeness (QED) is 0.824. The zero-order valence-corrected chi connectivity index (χ0v) is 11.9. The summed E-state index contributed by atoms with van der Waals surface area (Å²) in [7, 11) is 0. The van der Waals surface area contributed by atoms with Crippen molar-refractivity contribution < 1.29 is 0 Å². The SMILES string of the molecule is Nc1ncc(I)cc1NCc1cccc(Cl)c1. The zero-order valence-electron chi connectivity index (χ0n) is 8.95. The predicted octanol–water partition coefficient (Wildman–Crippen LogP) is 3.53. The van der Waals surface area contributed by atoms with Crippen LogP contribution in [0.3, 0.4) is 0 Å². The van der Waals surface area contributed by atoms with E-state index >= 15 is 0 Å². The first-order valence-corrected chi connectivity index (χ1v) is 6.50. The zero-order chi connectivity index (χ0) is 12.3. The molecule has 2 aromatic rings. The minimum atomic E-state index is 0.507. The highest BCUT2D eigenvalue weighted by molar-refractivity contribution is 14.1. The van der Waals surface area contributed by atoms with Crippen LogP contribution in [0.4, 0.5) is 11.5 Å². The Kier molecular flexibility index (Phi) is 4.06. The van der Waals surface area contributed by atoms with Crippen LogP contribution in [0.1, 0.15) is 5.56 Å². The molecular weight excluding hydrogens is 349 g/mol. The number of nitrogen functional groups attached to an aromatic ring is 1. The number of halogens is 2. The van der Waals surface area contributed by atoms with Crippen LogP contribution in [-0.2, 0) is 6.54 Å². The summed E-state index contributed by atoms with van der Waals surface area (Å²) in [5, 5.41) is 3.98. The Morgan fingerprint density at radius 1 is 1.35 bits per heavy atom. The summed E-state index contributed by atoms with van der Waals surface area (Å²) in [6, 6.07) is 9.68. The Hall–Kier alpha value is -1.01. The molecule has 1 aromatic carbocycles. The van der Waals surface area contributed by atoms with E-state index in [-0.39, 0.29) is 0 Å². The maximum absolute atomic E-state index is 5.92. The highest BCUT2D eigenvalue weighted by Crippen LogP contribution is 2.19. The first kappa shape index (κ1) is 12.4. The molecule has 0 radical (unpaired) electrons. The van der Waals surface area contributed by atoms with Crippen LogP contribution in [0.5, 0.6) is 0 Å². The molecule has 0 saturated heterocycles. The second-order valence-electron chi connectivity index (χ2n) is 3.57. The van der Waals surface area contributed by atoms with Crippen molar-refractivity contribution in [2.75, 3.05) is 11.1 Å². The number of nitrogens with one attached hydrogen (secondary N) is 1. The molecule has 0 saturated carbocycles. The summed E-state index contributed by atoms with van der Waals surface area (Å²) in [5.74, 6) is 0.507. The second kappa shape index (κ2) is 5.55. The van der Waals surface area contributed by atoms with E-state index in [0.717, 1.165) is 19.8 Å². The van der Waals surface area contributed by atoms with Crippen molar-refractivity contribution in [3.8, 4) is 0 Å². The molecule has 1 aromatic heterocycles. The van der Waals surface area contributed by atoms with Crippen LogP contribution in [0, 0.1) is 3.57 Å². The van der Waals surface area contributed by atoms with Crippen molar-refractivity contribution >= 4 is 45.7 Å². The number of nitrogens with two attached hydrogens (primary N) is 1. The smallest absolute Gasteiger partial charge is 0.146 e. The highest BCUT2D eigenvalue weighted by atomic mass is 127. The van der Waals surface area contributed by atoms with Crippen LogP contribution in [0.2, 0.25) is 5.02 Å². The second-order valence-corrected chi connectivity index (χ2v) is 5.25. The number of anilines is 2. The molecule has 0 fully saturated rings. The summed E-state index contributed by atoms with van der Waals surface area (Å²) < 4.78 is 1.05. The van der Waals surface area contributed by atoms with Gasteiger partial charge in [-0.05, 0) is 46.4 Å². The number of nitrogens with zero attached hydrogens (tertiary/aromatic N) is 1. The maximum atomic E-state index is 5.92. The number of pyridine rings is 1. The molecule has 0 aliphatic carbocycles. The van der Waals surface area contributed by atoms with Crippen LogP contribution < -0.4 is 11.1 Å². The summed E-state index contributed by atoms with van der Waals surface area (Å²) >= 11 is 8.12. The van der Waals surface area contributed by atoms with Gasteiger partial charge in [0.1, 0.15) is 5.82 Å². The Labute approximate surface area is 119 Å². The third-order valence-electron chi connectivity index (χ3n) is 2.26. The molecule has 0 amide bonds. The van der Waals surface area contributed by atoms with Crippen LogP contribution in [0.15, 0.2) is 36.5 Å². The van der Waals surface area contributed by atoms with Gasteiger partial charge in [-0.2, -0.15) is 0 Å². The Morgan fingerprint density at radius 3 is 2.94 bits per heavy atom. The van der Waals surface area contributed by atoms with Crippen molar-refractivity contribution in [3.63, 3.8) is 0 Å². The fourth-order valence-electron chi connectivity index (χ4n) is 1.44. The topological polar surface area (TPSA) is 50.9 Å². The van der Waals surface area contributed by atoms with E-state index in [2.05, 4.69) is 32.9 Å². The van der Waals surface area contributed by atoms with E-state index in [1.807, 2.05) is 30.3 Å². The first-order chi connectivity index (χ1) is 8.15. The van der Waals surface area contributed by atoms with E-state index in [4.69, 9.17) is 17.3 Å². The van der Waals surface area contributed by atoms with Gasteiger partial charge in [0.25, 0.3) is 0 Å². The number of hydrogen-bond acceptors (Lipinski definition) is 3. The van der Waals surface area contributed by atoms with Crippen molar-refractivity contribution in [1.29, 1.82) is 0 Å². The molecule has 3 N–H and O–H groups in total. The van der Waals surface area contributed by atoms with Crippen LogP contribution in [0.25, 0.3) is 0 Å². The molecule has 1 heterocycles. The number of rotatable bonds is 3. The number of hydrogen-bond donors (Lipinski definition) is 2. The van der Waals surface area contributed by atoms with E-state index in [1.165, 1.54) is 0 Å². The van der Waals surface area contributed by atoms with E-state index in [9.17, 15) is 0 Å². The van der Waals surface area contributed by atoms with Gasteiger partial charge in [-0.3, -0.25) is 0 Å². The average molecular weight is 360 g/mol. The minimum Gasteiger partial charge on any atom is -0.382 e. The lowest BCUT2D eigenvalue weighted by Gasteiger charge is -2.09. The standard InChI is InChI=1S/C12H11ClIN3/c13-9-3-1-2-8(4-9)6-16-11-5-10(14)7-17-12(11)15/h1-5,7,16H,6H2,(H2,15,17). The first-order valence-electron chi connectivity index (χ1n) is 5.04. The van der Waals surface area contributed by atoms with Crippen molar-refractivity contribution in [3.05, 3.63) is 50.7 Å². The van der Waals surface area contributed by atoms with Gasteiger partial charge in [-0.1, -0.05) is 23.7 Å². The fourth-order valence-corrected chi connectivity index (χ4v) is 2.10. The average Bonchev–Trinajstić information content (AvgIpc) is 2.30. The van der Waals surface area contributed by atoms with Gasteiger partial charge >= 0.3 is 0 Å². The van der Waals surface area contributed by atoms with E-state index < -0.39 is 0 Å². The lowest BCUT2D eigenvalue weighted by Crippen LogP contribution is -2.04. The molecular formula is C12H11ClIN3. The maximum Gasteiger partial charge on any atom is 0.146 e. The van der Waals surface area contributed by atoms with E-state index in [0.29, 0.717) is 12.4 Å². The molecule has 0 aliphatic heterocycles. The van der Waals surface area contributed by atoms with Gasteiger partial charge in [-0.25, -0.2) is 4.98 Å². The molecule has 17 heavy (non-hydrogen) atoms. The molecule has 2 rings (SSSR count). The third kappa shape index (κ3) is 3.47. The van der Waals surface area contributed by atoms with Gasteiger partial charge in [0.05, 0.1) is 5.69 Å². The van der Waals surface area contributed by atoms with Crippen molar-refractivity contribution in [2.45, 2.75) is 6.54 Å². The summed E-state index contributed by atoms with van der Waals surface area (Å²) in [6.45, 7) is 0.673. The monoisotopic (exact) mass is 359 g/mol. The molecule has 0 bridgehead atoms. The fraction of sp³-hybridized carbons (Fsp3) is 0.0833. The normalized spacial score (nSPS) is 10.2. The highest BCUT2D eigenvalue weighted by Gasteiger charge is 2.01. The molecule has 88 valence electrons. The molecule has 0 unspecified atom stereocenters. The van der Waals surface area contributed by atoms with Crippen LogP contribution in [-0.4, -0.2) is 4.98 Å². The Balaban J connectivity index is 2.09. The molecule has 0 atom stereocenters. The van der Waals surface area contributed by atoms with Gasteiger partial charge in [0.15, 0.2) is 0 Å². The van der Waals surface area contributed by atoms with Gasteiger partial charge in [-0.15, -0.1) is 0 Å². The third-order valence-corrected chi connectivity index (χ3v) is 3.08. The molecule has 0 spiro atoms. The summed E-state index contributed by atoms with van der Waals surface area (Å²) in [4.78, 5) is 4.09. The lowest BCUT2D eigenvalue weighted by molar-refractivity contribution is 1.14. The molecule has 5 heteroatoms. The Bertz CT molecular complexity index is 531. The van der Waals surface area contributed by atoms with Crippen molar-refractivity contribution in [1.82, 2.24) is 4.98 Å². The molecule has 0 aliphatic rings. The van der Waals surface area contributed by atoms with Gasteiger partial charge in [0.2, 0.25) is 0 Å². The summed E-state index contributed by atoms with van der Waals surface area (Å²) in [5.41, 5.74) is 7.73.